The monoisotopic (exact) mass is 423 g/mol. The van der Waals surface area contributed by atoms with Gasteiger partial charge in [0.25, 0.3) is 0 Å². The van der Waals surface area contributed by atoms with E-state index in [9.17, 15) is 28.8 Å². The van der Waals surface area contributed by atoms with Crippen LogP contribution < -0.4 is 16.0 Å². The van der Waals surface area contributed by atoms with Crippen LogP contribution in [0.25, 0.3) is 0 Å². The quantitative estimate of drug-likeness (QED) is 0.105. The van der Waals surface area contributed by atoms with Gasteiger partial charge in [-0.2, -0.15) is 12.6 Å². The summed E-state index contributed by atoms with van der Waals surface area (Å²) >= 11 is 3.87. The van der Waals surface area contributed by atoms with E-state index in [1.165, 1.54) is 0 Å². The molecule has 0 saturated heterocycles. The molecule has 0 aliphatic carbocycles. The molecule has 0 aliphatic heterocycles. The van der Waals surface area contributed by atoms with Gasteiger partial charge < -0.3 is 36.4 Å². The van der Waals surface area contributed by atoms with Gasteiger partial charge in [-0.05, 0) is 6.42 Å². The van der Waals surface area contributed by atoms with Gasteiger partial charge in [-0.15, -0.1) is 0 Å². The van der Waals surface area contributed by atoms with Crippen molar-refractivity contribution in [1.29, 1.82) is 0 Å². The third-order valence-corrected chi connectivity index (χ3v) is 3.74. The molecule has 7 N–H and O–H groups in total. The molecule has 28 heavy (non-hydrogen) atoms. The number of thiol groups is 1. The molecule has 2 amide bonds. The summed E-state index contributed by atoms with van der Waals surface area (Å²) in [7, 11) is 0. The van der Waals surface area contributed by atoms with E-state index in [0.717, 1.165) is 0 Å². The number of rotatable bonds is 14. The van der Waals surface area contributed by atoms with Gasteiger partial charge in [0, 0.05) is 18.7 Å². The summed E-state index contributed by atoms with van der Waals surface area (Å²) in [4.78, 5) is 66.8. The first-order chi connectivity index (χ1) is 13.0. The first-order valence-corrected chi connectivity index (χ1v) is 8.44. The molecule has 0 saturated carbocycles. The second kappa shape index (κ2) is 12.5. The smallest absolute Gasteiger partial charge is 0.322 e. The van der Waals surface area contributed by atoms with Crippen molar-refractivity contribution in [1.82, 2.24) is 16.0 Å². The second-order valence-electron chi connectivity index (χ2n) is 5.48. The van der Waals surface area contributed by atoms with Crippen molar-refractivity contribution < 1.29 is 49.2 Å². The molecule has 14 heteroatoms. The van der Waals surface area contributed by atoms with Crippen molar-refractivity contribution in [3.05, 3.63) is 0 Å². The van der Waals surface area contributed by atoms with Crippen LogP contribution >= 0.6 is 12.6 Å². The Balaban J connectivity index is 4.65. The molecular weight excluding hydrogens is 402 g/mol. The topological polar surface area (TPSA) is 219 Å². The SMILES string of the molecule is O=C(O)CNC(=O)[C@H](CS)NC(=O)CC[C@H](NCC(C(=O)O)C(=O)O)C(=O)O. The van der Waals surface area contributed by atoms with E-state index in [4.69, 9.17) is 20.4 Å². The van der Waals surface area contributed by atoms with Gasteiger partial charge in [-0.1, -0.05) is 0 Å². The maximum Gasteiger partial charge on any atom is 0.322 e. The maximum atomic E-state index is 11.9. The number of carbonyl (C=O) groups excluding carboxylic acids is 2. The van der Waals surface area contributed by atoms with E-state index in [2.05, 4.69) is 28.6 Å². The summed E-state index contributed by atoms with van der Waals surface area (Å²) in [5.41, 5.74) is 0. The maximum absolute atomic E-state index is 11.9. The van der Waals surface area contributed by atoms with Gasteiger partial charge >= 0.3 is 23.9 Å². The van der Waals surface area contributed by atoms with E-state index in [-0.39, 0.29) is 18.6 Å². The van der Waals surface area contributed by atoms with E-state index in [0.29, 0.717) is 0 Å². The van der Waals surface area contributed by atoms with Crippen LogP contribution in [0.2, 0.25) is 0 Å². The van der Waals surface area contributed by atoms with Crippen molar-refractivity contribution in [2.24, 2.45) is 5.92 Å². The standard InChI is InChI=1S/C14H21N3O10S/c18-9(17-8(5-28)11(21)16-4-10(19)20)2-1-7(14(26)27)15-3-6(12(22)23)13(24)25/h6-8,15,28H,1-5H2,(H,16,21)(H,17,18)(H,19,20)(H,22,23)(H,24,25)(H,26,27)/t7-,8-/m0/s1. The fourth-order valence-corrected chi connectivity index (χ4v) is 2.13. The highest BCUT2D eigenvalue weighted by Crippen LogP contribution is 2.02. The molecule has 158 valence electrons. The van der Waals surface area contributed by atoms with Gasteiger partial charge in [-0.3, -0.25) is 28.8 Å². The predicted octanol–water partition coefficient (Wildman–Crippen LogP) is -2.79. The van der Waals surface area contributed by atoms with Crippen molar-refractivity contribution in [2.75, 3.05) is 18.8 Å². The molecule has 0 heterocycles. The van der Waals surface area contributed by atoms with Crippen LogP contribution in [-0.4, -0.2) is 87.0 Å². The highest BCUT2D eigenvalue weighted by Gasteiger charge is 2.28. The largest absolute Gasteiger partial charge is 0.481 e. The zero-order valence-corrected chi connectivity index (χ0v) is 15.3. The first-order valence-electron chi connectivity index (χ1n) is 7.81. The molecular formula is C14H21N3O10S. The minimum atomic E-state index is -1.86. The van der Waals surface area contributed by atoms with Crippen LogP contribution in [0.1, 0.15) is 12.8 Å². The first kappa shape index (κ1) is 25.1. The Morgan fingerprint density at radius 3 is 1.86 bits per heavy atom. The third kappa shape index (κ3) is 9.72. The average molecular weight is 423 g/mol. The lowest BCUT2D eigenvalue weighted by Gasteiger charge is -2.18. The minimum Gasteiger partial charge on any atom is -0.481 e. The predicted molar refractivity (Wildman–Crippen MR) is 93.9 cm³/mol. The van der Waals surface area contributed by atoms with E-state index >= 15 is 0 Å². The van der Waals surface area contributed by atoms with Crippen LogP contribution in [-0.2, 0) is 28.8 Å². The lowest BCUT2D eigenvalue weighted by atomic mass is 10.1. The molecule has 13 nitrogen and oxygen atoms in total. The normalized spacial score (nSPS) is 12.6. The summed E-state index contributed by atoms with van der Waals surface area (Å²) in [6.07, 6.45) is -0.700. The van der Waals surface area contributed by atoms with Crippen LogP contribution in [0.4, 0.5) is 0 Å². The molecule has 0 radical (unpaired) electrons. The highest BCUT2D eigenvalue weighted by atomic mass is 32.1. The summed E-state index contributed by atoms with van der Waals surface area (Å²) in [6, 6.07) is -2.54. The second-order valence-corrected chi connectivity index (χ2v) is 5.85. The van der Waals surface area contributed by atoms with Crippen molar-refractivity contribution in [3.63, 3.8) is 0 Å². The molecule has 2 atom stereocenters. The van der Waals surface area contributed by atoms with Crippen LogP contribution in [0, 0.1) is 5.92 Å². The molecule has 0 rings (SSSR count). The average Bonchev–Trinajstić information content (AvgIpc) is 2.59. The zero-order chi connectivity index (χ0) is 21.9. The lowest BCUT2D eigenvalue weighted by Crippen LogP contribution is -2.49. The summed E-state index contributed by atoms with van der Waals surface area (Å²) in [5, 5.41) is 41.7. The van der Waals surface area contributed by atoms with Gasteiger partial charge in [0.1, 0.15) is 18.6 Å². The number of carboxylic acid groups (broad SMARTS) is 4. The van der Waals surface area contributed by atoms with Crippen molar-refractivity contribution >= 4 is 48.3 Å². The zero-order valence-electron chi connectivity index (χ0n) is 14.5. The Hall–Kier alpha value is -2.87. The molecule has 0 aromatic rings. The van der Waals surface area contributed by atoms with Crippen LogP contribution in [0.5, 0.6) is 0 Å². The van der Waals surface area contributed by atoms with Gasteiger partial charge in [0.2, 0.25) is 11.8 Å². The van der Waals surface area contributed by atoms with Crippen molar-refractivity contribution in [2.45, 2.75) is 24.9 Å². The number of amides is 2. The summed E-state index contributed by atoms with van der Waals surface area (Å²) in [5.74, 6) is -9.52. The number of carbonyl (C=O) groups is 6. The van der Waals surface area contributed by atoms with Crippen LogP contribution in [0.3, 0.4) is 0 Å². The number of nitrogens with one attached hydrogen (secondary N) is 3. The fourth-order valence-electron chi connectivity index (χ4n) is 1.88. The van der Waals surface area contributed by atoms with Crippen molar-refractivity contribution in [3.8, 4) is 0 Å². The number of hydrogen-bond donors (Lipinski definition) is 8. The van der Waals surface area contributed by atoms with Crippen LogP contribution in [0.15, 0.2) is 0 Å². The summed E-state index contributed by atoms with van der Waals surface area (Å²) in [6.45, 7) is -1.32. The minimum absolute atomic E-state index is 0.142. The molecule has 0 spiro atoms. The number of carboxylic acids is 4. The Labute approximate surface area is 163 Å². The molecule has 0 aromatic heterocycles. The highest BCUT2D eigenvalue weighted by molar-refractivity contribution is 7.80. The molecule has 0 fully saturated rings. The number of hydrogen-bond acceptors (Lipinski definition) is 8. The van der Waals surface area contributed by atoms with E-state index < -0.39 is 66.8 Å². The molecule has 0 unspecified atom stereocenters. The Kier molecular flexibility index (Phi) is 11.2. The molecule has 0 aliphatic rings. The third-order valence-electron chi connectivity index (χ3n) is 3.37. The van der Waals surface area contributed by atoms with E-state index in [1.54, 1.807) is 0 Å². The van der Waals surface area contributed by atoms with E-state index in [1.807, 2.05) is 0 Å². The van der Waals surface area contributed by atoms with Gasteiger partial charge in [0.05, 0.1) is 0 Å². The number of aliphatic carboxylic acids is 4. The summed E-state index contributed by atoms with van der Waals surface area (Å²) < 4.78 is 0. The Morgan fingerprint density at radius 2 is 1.43 bits per heavy atom. The van der Waals surface area contributed by atoms with Gasteiger partial charge in [-0.25, -0.2) is 0 Å². The molecule has 0 bridgehead atoms. The lowest BCUT2D eigenvalue weighted by molar-refractivity contribution is -0.155. The molecule has 0 aromatic carbocycles. The Bertz CT molecular complexity index is 612. The fraction of sp³-hybridized carbons (Fsp3) is 0.571. The van der Waals surface area contributed by atoms with Gasteiger partial charge in [0.15, 0.2) is 5.92 Å². The Morgan fingerprint density at radius 1 is 0.857 bits per heavy atom.